The van der Waals surface area contributed by atoms with E-state index in [1.54, 1.807) is 24.3 Å². The number of hydrogen-bond acceptors (Lipinski definition) is 3. The maximum Gasteiger partial charge on any atom is 0.338 e. The molecule has 92 valence electrons. The van der Waals surface area contributed by atoms with E-state index in [1.165, 1.54) is 0 Å². The molecular weight excluding hydrogens is 242 g/mol. The minimum absolute atomic E-state index is 0.0969. The number of hydrogen-bond donors (Lipinski definition) is 1. The molecule has 1 aromatic carbocycles. The van der Waals surface area contributed by atoms with Crippen LogP contribution in [0.3, 0.4) is 0 Å². The second kappa shape index (κ2) is 6.91. The molecule has 1 rings (SSSR count). The Hall–Kier alpha value is -1.55. The van der Waals surface area contributed by atoms with E-state index >= 15 is 0 Å². The fourth-order valence-electron chi connectivity index (χ4n) is 1.16. The molecule has 0 saturated heterocycles. The zero-order chi connectivity index (χ0) is 12.7. The molecule has 0 aliphatic rings. The molecule has 0 aromatic heterocycles. The first-order chi connectivity index (χ1) is 8.17. The fourth-order valence-corrected chi connectivity index (χ4v) is 1.23. The standard InChI is InChI=1S/C12H14ClNO3/c1-2-7-17-12(16)9-3-5-10(6-4-9)14-11(15)8-13/h3-6H,2,7-8H2,1H3,(H,14,15). The average Bonchev–Trinajstić information content (AvgIpc) is 2.36. The molecule has 1 amide bonds. The summed E-state index contributed by atoms with van der Waals surface area (Å²) in [5.41, 5.74) is 1.06. The molecule has 0 spiro atoms. The zero-order valence-electron chi connectivity index (χ0n) is 9.53. The fraction of sp³-hybridized carbons (Fsp3) is 0.333. The Morgan fingerprint density at radius 3 is 2.47 bits per heavy atom. The molecule has 0 atom stereocenters. The number of ether oxygens (including phenoxy) is 1. The van der Waals surface area contributed by atoms with Crippen molar-refractivity contribution in [3.8, 4) is 0 Å². The number of anilines is 1. The topological polar surface area (TPSA) is 55.4 Å². The number of rotatable bonds is 5. The van der Waals surface area contributed by atoms with Crippen LogP contribution in [-0.2, 0) is 9.53 Å². The number of carbonyl (C=O) groups excluding carboxylic acids is 2. The highest BCUT2D eigenvalue weighted by Crippen LogP contribution is 2.10. The third-order valence-electron chi connectivity index (χ3n) is 1.96. The predicted octanol–water partition coefficient (Wildman–Crippen LogP) is 2.43. The summed E-state index contributed by atoms with van der Waals surface area (Å²) >= 11 is 5.35. The van der Waals surface area contributed by atoms with Gasteiger partial charge in [0, 0.05) is 5.69 Å². The highest BCUT2D eigenvalue weighted by Gasteiger charge is 2.06. The lowest BCUT2D eigenvalue weighted by molar-refractivity contribution is -0.113. The minimum atomic E-state index is -0.359. The summed E-state index contributed by atoms with van der Waals surface area (Å²) in [6, 6.07) is 6.46. The van der Waals surface area contributed by atoms with Crippen molar-refractivity contribution in [3.05, 3.63) is 29.8 Å². The Balaban J connectivity index is 2.61. The van der Waals surface area contributed by atoms with Crippen molar-refractivity contribution in [2.24, 2.45) is 0 Å². The maximum absolute atomic E-state index is 11.5. The lowest BCUT2D eigenvalue weighted by Crippen LogP contribution is -2.12. The molecule has 0 aliphatic heterocycles. The van der Waals surface area contributed by atoms with Gasteiger partial charge in [-0.1, -0.05) is 6.92 Å². The summed E-state index contributed by atoms with van der Waals surface area (Å²) in [6.07, 6.45) is 0.787. The number of benzene rings is 1. The van der Waals surface area contributed by atoms with Crippen molar-refractivity contribution in [2.45, 2.75) is 13.3 Å². The van der Waals surface area contributed by atoms with Gasteiger partial charge in [0.15, 0.2) is 0 Å². The van der Waals surface area contributed by atoms with Crippen molar-refractivity contribution >= 4 is 29.2 Å². The summed E-state index contributed by atoms with van der Waals surface area (Å²) < 4.78 is 4.97. The molecule has 1 N–H and O–H groups in total. The first-order valence-corrected chi connectivity index (χ1v) is 5.83. The first-order valence-electron chi connectivity index (χ1n) is 5.30. The molecule has 4 nitrogen and oxygen atoms in total. The van der Waals surface area contributed by atoms with Gasteiger partial charge in [-0.25, -0.2) is 4.79 Å². The highest BCUT2D eigenvalue weighted by atomic mass is 35.5. The lowest BCUT2D eigenvalue weighted by Gasteiger charge is -2.05. The van der Waals surface area contributed by atoms with Crippen molar-refractivity contribution in [2.75, 3.05) is 17.8 Å². The number of carbonyl (C=O) groups is 2. The van der Waals surface area contributed by atoms with Crippen LogP contribution in [0, 0.1) is 0 Å². The first kappa shape index (κ1) is 13.5. The Bertz CT molecular complexity index is 389. The van der Waals surface area contributed by atoms with Crippen molar-refractivity contribution in [1.29, 1.82) is 0 Å². The molecule has 0 radical (unpaired) electrons. The number of nitrogens with one attached hydrogen (secondary N) is 1. The van der Waals surface area contributed by atoms with Gasteiger partial charge in [0.05, 0.1) is 12.2 Å². The molecular formula is C12H14ClNO3. The van der Waals surface area contributed by atoms with Crippen LogP contribution in [0.25, 0.3) is 0 Å². The van der Waals surface area contributed by atoms with E-state index in [4.69, 9.17) is 16.3 Å². The third-order valence-corrected chi connectivity index (χ3v) is 2.21. The predicted molar refractivity (Wildman–Crippen MR) is 66.4 cm³/mol. The number of amides is 1. The second-order valence-electron chi connectivity index (χ2n) is 3.40. The van der Waals surface area contributed by atoms with Gasteiger partial charge in [0.2, 0.25) is 5.91 Å². The van der Waals surface area contributed by atoms with Gasteiger partial charge in [0.25, 0.3) is 0 Å². The van der Waals surface area contributed by atoms with Crippen LogP contribution in [-0.4, -0.2) is 24.4 Å². The largest absolute Gasteiger partial charge is 0.462 e. The number of esters is 1. The third kappa shape index (κ3) is 4.44. The molecule has 0 unspecified atom stereocenters. The highest BCUT2D eigenvalue weighted by molar-refractivity contribution is 6.29. The van der Waals surface area contributed by atoms with Crippen LogP contribution < -0.4 is 5.32 Å². The molecule has 17 heavy (non-hydrogen) atoms. The van der Waals surface area contributed by atoms with Gasteiger partial charge in [-0.05, 0) is 30.7 Å². The summed E-state index contributed by atoms with van der Waals surface area (Å²) in [5.74, 6) is -0.740. The van der Waals surface area contributed by atoms with E-state index < -0.39 is 0 Å². The van der Waals surface area contributed by atoms with E-state index in [1.807, 2.05) is 6.92 Å². The van der Waals surface area contributed by atoms with Crippen LogP contribution in [0.5, 0.6) is 0 Å². The molecule has 1 aromatic rings. The molecule has 0 aliphatic carbocycles. The van der Waals surface area contributed by atoms with E-state index in [9.17, 15) is 9.59 Å². The monoisotopic (exact) mass is 255 g/mol. The van der Waals surface area contributed by atoms with E-state index in [2.05, 4.69) is 5.32 Å². The normalized spacial score (nSPS) is 9.76. The van der Waals surface area contributed by atoms with E-state index in [0.29, 0.717) is 17.9 Å². The van der Waals surface area contributed by atoms with Crippen LogP contribution >= 0.6 is 11.6 Å². The Labute approximate surface area is 105 Å². The van der Waals surface area contributed by atoms with Crippen LogP contribution in [0.15, 0.2) is 24.3 Å². The quantitative estimate of drug-likeness (QED) is 0.649. The zero-order valence-corrected chi connectivity index (χ0v) is 10.3. The molecule has 0 saturated carbocycles. The van der Waals surface area contributed by atoms with Crippen LogP contribution in [0.2, 0.25) is 0 Å². The average molecular weight is 256 g/mol. The van der Waals surface area contributed by atoms with Gasteiger partial charge < -0.3 is 10.1 Å². The maximum atomic E-state index is 11.5. The van der Waals surface area contributed by atoms with Crippen LogP contribution in [0.4, 0.5) is 5.69 Å². The minimum Gasteiger partial charge on any atom is -0.462 e. The molecule has 0 heterocycles. The molecule has 0 fully saturated rings. The Kier molecular flexibility index (Phi) is 5.49. The van der Waals surface area contributed by atoms with Crippen molar-refractivity contribution < 1.29 is 14.3 Å². The number of halogens is 1. The van der Waals surface area contributed by atoms with Gasteiger partial charge in [-0.3, -0.25) is 4.79 Å². The Morgan fingerprint density at radius 2 is 1.94 bits per heavy atom. The van der Waals surface area contributed by atoms with Gasteiger partial charge in [-0.2, -0.15) is 0 Å². The molecule has 5 heteroatoms. The molecule has 0 bridgehead atoms. The lowest BCUT2D eigenvalue weighted by atomic mass is 10.2. The summed E-state index contributed by atoms with van der Waals surface area (Å²) in [6.45, 7) is 2.33. The SMILES string of the molecule is CCCOC(=O)c1ccc(NC(=O)CCl)cc1. The van der Waals surface area contributed by atoms with Gasteiger partial charge in [-0.15, -0.1) is 11.6 Å². The van der Waals surface area contributed by atoms with Crippen molar-refractivity contribution in [3.63, 3.8) is 0 Å². The van der Waals surface area contributed by atoms with Gasteiger partial charge >= 0.3 is 5.97 Å². The van der Waals surface area contributed by atoms with Gasteiger partial charge in [0.1, 0.15) is 5.88 Å². The van der Waals surface area contributed by atoms with E-state index in [-0.39, 0.29) is 17.8 Å². The van der Waals surface area contributed by atoms with Crippen LogP contribution in [0.1, 0.15) is 23.7 Å². The Morgan fingerprint density at radius 1 is 1.29 bits per heavy atom. The second-order valence-corrected chi connectivity index (χ2v) is 3.66. The summed E-state index contributed by atoms with van der Waals surface area (Å²) in [7, 11) is 0. The van der Waals surface area contributed by atoms with E-state index in [0.717, 1.165) is 6.42 Å². The smallest absolute Gasteiger partial charge is 0.338 e. The van der Waals surface area contributed by atoms with Crippen molar-refractivity contribution in [1.82, 2.24) is 0 Å². The number of alkyl halides is 1. The summed E-state index contributed by atoms with van der Waals surface area (Å²) in [4.78, 5) is 22.5. The summed E-state index contributed by atoms with van der Waals surface area (Å²) in [5, 5.41) is 2.58.